The molecular weight excluding hydrogens is 745 g/mol. The molecule has 0 amide bonds. The fraction of sp³-hybridized carbons (Fsp3) is 0.0545. The van der Waals surface area contributed by atoms with Crippen molar-refractivity contribution in [3.05, 3.63) is 206 Å². The number of hydrogen-bond acceptors (Lipinski definition) is 4. The molecule has 0 saturated heterocycles. The Hall–Kier alpha value is -7.96. The third-order valence-corrected chi connectivity index (χ3v) is 12.4. The van der Waals surface area contributed by atoms with Crippen LogP contribution >= 0.6 is 0 Å². The quantitative estimate of drug-likeness (QED) is 0.169. The van der Waals surface area contributed by atoms with Crippen LogP contribution in [0.3, 0.4) is 0 Å². The van der Waals surface area contributed by atoms with Gasteiger partial charge >= 0.3 is 0 Å². The molecule has 0 aliphatic heterocycles. The summed E-state index contributed by atoms with van der Waals surface area (Å²) < 4.78 is 4.90. The van der Waals surface area contributed by atoms with Gasteiger partial charge in [-0.25, -0.2) is 15.0 Å². The van der Waals surface area contributed by atoms with Crippen LogP contribution in [-0.4, -0.2) is 29.1 Å². The molecule has 1 aliphatic rings. The molecule has 0 N–H and O–H groups in total. The van der Waals surface area contributed by atoms with E-state index in [1.807, 2.05) is 79.1 Å². The Morgan fingerprint density at radius 2 is 1.00 bits per heavy atom. The lowest BCUT2D eigenvalue weighted by Crippen LogP contribution is -2.14. The SMILES string of the molecule is CC1(C)c2ccccc2-c2c1c1c3c4cc(-c5cccnc5)ccc4n(-c4cccc(-c5nc(-c6ccccc6)nc(-c6ccccc6)n5)c4)c3ccc1n2-c1ccccc1. The zero-order chi connectivity index (χ0) is 40.7. The molecule has 61 heavy (non-hydrogen) atoms. The van der Waals surface area contributed by atoms with Crippen molar-refractivity contribution in [1.29, 1.82) is 0 Å². The first-order valence-electron chi connectivity index (χ1n) is 20.7. The van der Waals surface area contributed by atoms with Gasteiger partial charge in [0.1, 0.15) is 0 Å². The third kappa shape index (κ3) is 5.42. The lowest BCUT2D eigenvalue weighted by Gasteiger charge is -2.21. The number of benzene rings is 7. The number of hydrogen-bond donors (Lipinski definition) is 0. The average molecular weight is 783 g/mol. The van der Waals surface area contributed by atoms with Crippen LogP contribution in [0.15, 0.2) is 194 Å². The highest BCUT2D eigenvalue weighted by atomic mass is 15.0. The minimum atomic E-state index is -0.251. The van der Waals surface area contributed by atoms with E-state index in [-0.39, 0.29) is 5.41 Å². The molecule has 4 heterocycles. The second-order valence-corrected chi connectivity index (χ2v) is 16.3. The van der Waals surface area contributed by atoms with Gasteiger partial charge < -0.3 is 9.13 Å². The van der Waals surface area contributed by atoms with Gasteiger partial charge in [0.05, 0.1) is 22.2 Å². The number of nitrogens with zero attached hydrogens (tertiary/aromatic N) is 6. The van der Waals surface area contributed by atoms with E-state index in [1.165, 1.54) is 44.1 Å². The van der Waals surface area contributed by atoms with Gasteiger partial charge in [0.2, 0.25) is 0 Å². The summed E-state index contributed by atoms with van der Waals surface area (Å²) >= 11 is 0. The molecule has 0 unspecified atom stereocenters. The number of pyridine rings is 1. The summed E-state index contributed by atoms with van der Waals surface area (Å²) in [6.07, 6.45) is 3.78. The van der Waals surface area contributed by atoms with Gasteiger partial charge in [-0.2, -0.15) is 0 Å². The highest BCUT2D eigenvalue weighted by Crippen LogP contribution is 2.56. The van der Waals surface area contributed by atoms with E-state index >= 15 is 0 Å². The number of aromatic nitrogens is 6. The Morgan fingerprint density at radius 1 is 0.426 bits per heavy atom. The maximum absolute atomic E-state index is 5.10. The van der Waals surface area contributed by atoms with E-state index in [2.05, 4.69) is 143 Å². The molecule has 0 atom stereocenters. The van der Waals surface area contributed by atoms with Crippen molar-refractivity contribution in [2.75, 3.05) is 0 Å². The summed E-state index contributed by atoms with van der Waals surface area (Å²) in [7, 11) is 0. The van der Waals surface area contributed by atoms with Crippen molar-refractivity contribution in [3.8, 4) is 67.9 Å². The molecule has 11 aromatic rings. The van der Waals surface area contributed by atoms with E-state index in [0.717, 1.165) is 50.2 Å². The molecule has 0 saturated carbocycles. The summed E-state index contributed by atoms with van der Waals surface area (Å²) in [5.41, 5.74) is 15.6. The molecule has 4 aromatic heterocycles. The summed E-state index contributed by atoms with van der Waals surface area (Å²) in [4.78, 5) is 19.7. The average Bonchev–Trinajstić information content (AvgIpc) is 3.93. The first kappa shape index (κ1) is 35.0. The molecule has 7 aromatic carbocycles. The highest BCUT2D eigenvalue weighted by molar-refractivity contribution is 6.24. The Balaban J connectivity index is 1.15. The Kier molecular flexibility index (Phi) is 7.78. The van der Waals surface area contributed by atoms with Gasteiger partial charge in [0, 0.05) is 73.2 Å². The van der Waals surface area contributed by atoms with Gasteiger partial charge in [-0.15, -0.1) is 0 Å². The van der Waals surface area contributed by atoms with Crippen LogP contribution < -0.4 is 0 Å². The Labute approximate surface area is 353 Å². The number of fused-ring (bicyclic) bond motifs is 9. The standard InChI is InChI=1S/C55H38N6/c1-55(2)44-26-13-12-25-42(44)51-50(55)49-47(61(51)40-22-10-5-11-23-40)30-29-46-48(49)43-33-37(39-21-15-31-56-34-39)27-28-45(43)60(46)41-24-14-20-38(32-41)54-58-52(35-16-6-3-7-17-35)57-53(59-54)36-18-8-4-9-19-36/h3-34H,1-2H3. The first-order chi connectivity index (χ1) is 30.0. The van der Waals surface area contributed by atoms with Crippen molar-refractivity contribution in [1.82, 2.24) is 29.1 Å². The molecule has 12 rings (SSSR count). The predicted molar refractivity (Wildman–Crippen MR) is 248 cm³/mol. The second-order valence-electron chi connectivity index (χ2n) is 16.3. The summed E-state index contributed by atoms with van der Waals surface area (Å²) in [5.74, 6) is 1.89. The minimum Gasteiger partial charge on any atom is -0.309 e. The predicted octanol–water partition coefficient (Wildman–Crippen LogP) is 13.3. The summed E-state index contributed by atoms with van der Waals surface area (Å²) in [6.45, 7) is 4.77. The number of rotatable bonds is 6. The number of para-hydroxylation sites is 1. The van der Waals surface area contributed by atoms with Crippen molar-refractivity contribution in [3.63, 3.8) is 0 Å². The van der Waals surface area contributed by atoms with Crippen LogP contribution in [0.25, 0.3) is 101 Å². The molecule has 0 bridgehead atoms. The van der Waals surface area contributed by atoms with Crippen LogP contribution in [-0.2, 0) is 5.41 Å². The fourth-order valence-corrected chi connectivity index (χ4v) is 9.68. The van der Waals surface area contributed by atoms with Gasteiger partial charge in [-0.1, -0.05) is 141 Å². The minimum absolute atomic E-state index is 0.251. The Morgan fingerprint density at radius 3 is 1.69 bits per heavy atom. The second kappa shape index (κ2) is 13.5. The van der Waals surface area contributed by atoms with Crippen molar-refractivity contribution >= 4 is 32.7 Å². The van der Waals surface area contributed by atoms with E-state index in [4.69, 9.17) is 15.0 Å². The molecule has 0 spiro atoms. The molecule has 0 radical (unpaired) electrons. The zero-order valence-corrected chi connectivity index (χ0v) is 33.7. The van der Waals surface area contributed by atoms with E-state index in [0.29, 0.717) is 17.5 Å². The molecular formula is C55H38N6. The van der Waals surface area contributed by atoms with Gasteiger partial charge in [-0.3, -0.25) is 4.98 Å². The zero-order valence-electron chi connectivity index (χ0n) is 33.7. The third-order valence-electron chi connectivity index (χ3n) is 12.4. The van der Waals surface area contributed by atoms with E-state index in [9.17, 15) is 0 Å². The molecule has 6 nitrogen and oxygen atoms in total. The molecule has 0 fully saturated rings. The highest BCUT2D eigenvalue weighted by Gasteiger charge is 2.41. The molecule has 288 valence electrons. The monoisotopic (exact) mass is 782 g/mol. The van der Waals surface area contributed by atoms with Crippen LogP contribution in [0.5, 0.6) is 0 Å². The maximum Gasteiger partial charge on any atom is 0.164 e. The molecule has 6 heteroatoms. The maximum atomic E-state index is 5.10. The lowest BCUT2D eigenvalue weighted by atomic mass is 9.81. The Bertz CT molecular complexity index is 3420. The topological polar surface area (TPSA) is 61.4 Å². The van der Waals surface area contributed by atoms with Crippen molar-refractivity contribution < 1.29 is 0 Å². The van der Waals surface area contributed by atoms with E-state index < -0.39 is 0 Å². The fourth-order valence-electron chi connectivity index (χ4n) is 9.68. The summed E-state index contributed by atoms with van der Waals surface area (Å²) in [6, 6.07) is 64.3. The summed E-state index contributed by atoms with van der Waals surface area (Å²) in [5, 5.41) is 3.69. The van der Waals surface area contributed by atoms with Gasteiger partial charge in [0.15, 0.2) is 17.5 Å². The van der Waals surface area contributed by atoms with Crippen LogP contribution in [0, 0.1) is 0 Å². The normalized spacial score (nSPS) is 12.9. The van der Waals surface area contributed by atoms with Crippen LogP contribution in [0.4, 0.5) is 0 Å². The van der Waals surface area contributed by atoms with E-state index in [1.54, 1.807) is 0 Å². The first-order valence-corrected chi connectivity index (χ1v) is 20.7. The van der Waals surface area contributed by atoms with Crippen LogP contribution in [0.1, 0.15) is 25.0 Å². The van der Waals surface area contributed by atoms with Crippen LogP contribution in [0.2, 0.25) is 0 Å². The largest absolute Gasteiger partial charge is 0.309 e. The lowest BCUT2D eigenvalue weighted by molar-refractivity contribution is 0.666. The van der Waals surface area contributed by atoms with Gasteiger partial charge in [-0.05, 0) is 71.3 Å². The molecule has 1 aliphatic carbocycles. The van der Waals surface area contributed by atoms with Gasteiger partial charge in [0.25, 0.3) is 0 Å². The van der Waals surface area contributed by atoms with Crippen molar-refractivity contribution in [2.24, 2.45) is 0 Å². The smallest absolute Gasteiger partial charge is 0.164 e. The van der Waals surface area contributed by atoms with Crippen molar-refractivity contribution in [2.45, 2.75) is 19.3 Å².